The first-order valence-electron chi connectivity index (χ1n) is 13.7. The van der Waals surface area contributed by atoms with E-state index in [4.69, 9.17) is 14.2 Å². The van der Waals surface area contributed by atoms with Crippen molar-refractivity contribution in [2.45, 2.75) is 50.4 Å². The lowest BCUT2D eigenvalue weighted by atomic mass is 10.0. The van der Waals surface area contributed by atoms with Crippen LogP contribution in [-0.2, 0) is 6.54 Å². The average Bonchev–Trinajstić information content (AvgIpc) is 3.20. The Kier molecular flexibility index (Phi) is 8.65. The van der Waals surface area contributed by atoms with E-state index in [0.717, 1.165) is 50.3 Å². The maximum Gasteiger partial charge on any atom is 0.164 e. The van der Waals surface area contributed by atoms with Crippen molar-refractivity contribution in [3.05, 3.63) is 89.2 Å². The minimum absolute atomic E-state index is 0.145. The Hall–Kier alpha value is -3.60. The summed E-state index contributed by atoms with van der Waals surface area (Å²) in [6.07, 6.45) is 4.17. The van der Waals surface area contributed by atoms with Gasteiger partial charge in [0, 0.05) is 37.8 Å². The van der Waals surface area contributed by atoms with E-state index in [2.05, 4.69) is 15.9 Å². The molecule has 3 aromatic rings. The van der Waals surface area contributed by atoms with Gasteiger partial charge in [0.15, 0.2) is 11.5 Å². The van der Waals surface area contributed by atoms with Crippen molar-refractivity contribution in [3.63, 3.8) is 0 Å². The largest absolute Gasteiger partial charge is 0.493 e. The molecule has 5 rings (SSSR count). The van der Waals surface area contributed by atoms with E-state index in [1.807, 2.05) is 54.6 Å². The van der Waals surface area contributed by atoms with E-state index in [9.17, 15) is 9.65 Å². The second-order valence-corrected chi connectivity index (χ2v) is 10.4. The van der Waals surface area contributed by atoms with Gasteiger partial charge in [-0.1, -0.05) is 24.3 Å². The fraction of sp³-hybridized carbons (Fsp3) is 0.406. The van der Waals surface area contributed by atoms with E-state index in [0.29, 0.717) is 29.1 Å². The van der Waals surface area contributed by atoms with Crippen molar-refractivity contribution in [2.75, 3.05) is 33.9 Å². The van der Waals surface area contributed by atoms with Crippen LogP contribution in [0.2, 0.25) is 0 Å². The normalized spacial score (nSPS) is 19.8. The summed E-state index contributed by atoms with van der Waals surface area (Å²) in [5.41, 5.74) is 2.86. The third-order valence-corrected chi connectivity index (χ3v) is 7.96. The highest BCUT2D eigenvalue weighted by Gasteiger charge is 2.39. The Balaban J connectivity index is 1.22. The summed E-state index contributed by atoms with van der Waals surface area (Å²) < 4.78 is 30.6. The number of halogens is 1. The average molecular weight is 530 g/mol. The highest BCUT2D eigenvalue weighted by Crippen LogP contribution is 2.35. The first kappa shape index (κ1) is 27.0. The number of nitriles is 1. The van der Waals surface area contributed by atoms with Gasteiger partial charge in [0.25, 0.3) is 0 Å². The number of benzene rings is 3. The Morgan fingerprint density at radius 1 is 0.923 bits per heavy atom. The molecule has 3 unspecified atom stereocenters. The SMILES string of the molecule is COc1ccc(OC(CCCN2C3CCC2CN(Cc2ccc(F)cc2)C3)c2ccc(C#N)cc2)cc1OC. The molecule has 0 aliphatic carbocycles. The summed E-state index contributed by atoms with van der Waals surface area (Å²) in [4.78, 5) is 5.21. The molecule has 6 nitrogen and oxygen atoms in total. The van der Waals surface area contributed by atoms with Crippen LogP contribution in [0.25, 0.3) is 0 Å². The molecule has 0 spiro atoms. The minimum Gasteiger partial charge on any atom is -0.493 e. The van der Waals surface area contributed by atoms with E-state index >= 15 is 0 Å². The van der Waals surface area contributed by atoms with Gasteiger partial charge in [0.1, 0.15) is 17.7 Å². The van der Waals surface area contributed by atoms with Crippen LogP contribution >= 0.6 is 0 Å². The van der Waals surface area contributed by atoms with Crippen molar-refractivity contribution >= 4 is 0 Å². The Morgan fingerprint density at radius 3 is 2.26 bits per heavy atom. The Labute approximate surface area is 230 Å². The molecule has 2 heterocycles. The van der Waals surface area contributed by atoms with Gasteiger partial charge in [-0.3, -0.25) is 9.80 Å². The molecule has 3 aromatic carbocycles. The van der Waals surface area contributed by atoms with E-state index < -0.39 is 0 Å². The summed E-state index contributed by atoms with van der Waals surface area (Å²) in [5.74, 6) is 1.83. The van der Waals surface area contributed by atoms with Gasteiger partial charge in [-0.05, 0) is 79.8 Å². The summed E-state index contributed by atoms with van der Waals surface area (Å²) in [6.45, 7) is 4.01. The molecule has 2 saturated heterocycles. The van der Waals surface area contributed by atoms with Crippen LogP contribution in [0, 0.1) is 17.1 Å². The van der Waals surface area contributed by atoms with Crippen LogP contribution < -0.4 is 14.2 Å². The van der Waals surface area contributed by atoms with Crippen LogP contribution in [-0.4, -0.2) is 55.7 Å². The van der Waals surface area contributed by atoms with Crippen molar-refractivity contribution < 1.29 is 18.6 Å². The predicted octanol–water partition coefficient (Wildman–Crippen LogP) is 5.96. The molecule has 0 amide bonds. The third-order valence-electron chi connectivity index (χ3n) is 7.96. The van der Waals surface area contributed by atoms with Gasteiger partial charge in [-0.15, -0.1) is 0 Å². The fourth-order valence-electron chi connectivity index (χ4n) is 6.00. The molecule has 0 radical (unpaired) electrons. The van der Waals surface area contributed by atoms with Crippen LogP contribution in [0.15, 0.2) is 66.7 Å². The summed E-state index contributed by atoms with van der Waals surface area (Å²) in [6, 6.07) is 23.5. The Bertz CT molecular complexity index is 1260. The van der Waals surface area contributed by atoms with Crippen LogP contribution in [0.3, 0.4) is 0 Å². The number of ether oxygens (including phenoxy) is 3. The minimum atomic E-state index is -0.182. The lowest BCUT2D eigenvalue weighted by Gasteiger charge is -2.41. The summed E-state index contributed by atoms with van der Waals surface area (Å²) in [7, 11) is 3.24. The van der Waals surface area contributed by atoms with Crippen molar-refractivity contribution in [2.24, 2.45) is 0 Å². The molecule has 204 valence electrons. The third kappa shape index (κ3) is 6.52. The molecule has 2 aliphatic heterocycles. The number of piperazine rings is 1. The lowest BCUT2D eigenvalue weighted by molar-refractivity contribution is 0.0581. The molecule has 7 heteroatoms. The van der Waals surface area contributed by atoms with Crippen LogP contribution in [0.1, 0.15) is 48.5 Å². The van der Waals surface area contributed by atoms with Crippen molar-refractivity contribution in [3.8, 4) is 23.3 Å². The zero-order chi connectivity index (χ0) is 27.2. The number of hydrogen-bond acceptors (Lipinski definition) is 6. The molecule has 2 bridgehead atoms. The highest BCUT2D eigenvalue weighted by atomic mass is 19.1. The molecular formula is C32H36FN3O3. The molecule has 0 aromatic heterocycles. The number of rotatable bonds is 11. The van der Waals surface area contributed by atoms with Gasteiger partial charge in [-0.2, -0.15) is 5.26 Å². The van der Waals surface area contributed by atoms with Crippen LogP contribution in [0.4, 0.5) is 4.39 Å². The molecule has 0 N–H and O–H groups in total. The van der Waals surface area contributed by atoms with Crippen LogP contribution in [0.5, 0.6) is 17.2 Å². The standard InChI is InChI=1S/C32H36FN3O3/c1-37-31-16-15-29(18-32(31)38-2)39-30(25-9-5-23(19-34)6-10-25)4-3-17-36-27-13-14-28(36)22-35(21-27)20-24-7-11-26(33)12-8-24/h5-12,15-16,18,27-28,30H,3-4,13-14,17,20-22H2,1-2H3. The number of nitrogens with zero attached hydrogens (tertiary/aromatic N) is 3. The maximum atomic E-state index is 13.3. The van der Waals surface area contributed by atoms with Crippen molar-refractivity contribution in [1.82, 2.24) is 9.80 Å². The van der Waals surface area contributed by atoms with Gasteiger partial charge < -0.3 is 14.2 Å². The van der Waals surface area contributed by atoms with E-state index in [1.54, 1.807) is 26.4 Å². The second kappa shape index (κ2) is 12.5. The zero-order valence-electron chi connectivity index (χ0n) is 22.7. The molecule has 3 atom stereocenters. The van der Waals surface area contributed by atoms with Gasteiger partial charge in [0.2, 0.25) is 0 Å². The van der Waals surface area contributed by atoms with Gasteiger partial charge in [0.05, 0.1) is 25.9 Å². The number of hydrogen-bond donors (Lipinski definition) is 0. The molecule has 39 heavy (non-hydrogen) atoms. The summed E-state index contributed by atoms with van der Waals surface area (Å²) >= 11 is 0. The molecular weight excluding hydrogens is 493 g/mol. The number of methoxy groups -OCH3 is 2. The van der Waals surface area contributed by atoms with E-state index in [1.165, 1.54) is 18.4 Å². The smallest absolute Gasteiger partial charge is 0.164 e. The first-order valence-corrected chi connectivity index (χ1v) is 13.7. The molecule has 2 aliphatic rings. The van der Waals surface area contributed by atoms with Crippen molar-refractivity contribution in [1.29, 1.82) is 5.26 Å². The monoisotopic (exact) mass is 529 g/mol. The second-order valence-electron chi connectivity index (χ2n) is 10.4. The first-order chi connectivity index (χ1) is 19.1. The number of likely N-dealkylation sites (tertiary alicyclic amines) is 1. The summed E-state index contributed by atoms with van der Waals surface area (Å²) in [5, 5.41) is 9.23. The maximum absolute atomic E-state index is 13.3. The van der Waals surface area contributed by atoms with E-state index in [-0.39, 0.29) is 11.9 Å². The topological polar surface area (TPSA) is 58.0 Å². The fourth-order valence-corrected chi connectivity index (χ4v) is 6.00. The lowest BCUT2D eigenvalue weighted by Crippen LogP contribution is -2.53. The molecule has 2 fully saturated rings. The van der Waals surface area contributed by atoms with Gasteiger partial charge in [-0.25, -0.2) is 4.39 Å². The predicted molar refractivity (Wildman–Crippen MR) is 148 cm³/mol. The number of fused-ring (bicyclic) bond motifs is 2. The quantitative estimate of drug-likeness (QED) is 0.305. The zero-order valence-corrected chi connectivity index (χ0v) is 22.7. The molecule has 0 saturated carbocycles. The highest BCUT2D eigenvalue weighted by molar-refractivity contribution is 5.45. The van der Waals surface area contributed by atoms with Gasteiger partial charge >= 0.3 is 0 Å². The Morgan fingerprint density at radius 2 is 1.62 bits per heavy atom.